The zero-order valence-corrected chi connectivity index (χ0v) is 9.03. The summed E-state index contributed by atoms with van der Waals surface area (Å²) >= 11 is 0. The number of carbonyl (C=O) groups is 1. The monoisotopic (exact) mass is 219 g/mol. The van der Waals surface area contributed by atoms with Crippen molar-refractivity contribution in [1.82, 2.24) is 4.90 Å². The van der Waals surface area contributed by atoms with Crippen molar-refractivity contribution in [2.75, 3.05) is 6.54 Å². The lowest BCUT2D eigenvalue weighted by Gasteiger charge is -2.20. The zero-order valence-electron chi connectivity index (χ0n) is 9.03. The Morgan fingerprint density at radius 3 is 2.75 bits per heavy atom. The number of benzene rings is 1. The normalized spacial score (nSPS) is 14.6. The van der Waals surface area contributed by atoms with Gasteiger partial charge < -0.3 is 4.90 Å². The Kier molecular flexibility index (Phi) is 3.04. The van der Waals surface area contributed by atoms with E-state index in [1.807, 2.05) is 0 Å². The number of rotatable bonds is 4. The second-order valence-electron chi connectivity index (χ2n) is 3.96. The molecule has 0 aromatic heterocycles. The topological polar surface area (TPSA) is 20.3 Å². The summed E-state index contributed by atoms with van der Waals surface area (Å²) in [4.78, 5) is 13.8. The fourth-order valence-corrected chi connectivity index (χ4v) is 1.71. The molecule has 1 fully saturated rings. The molecule has 0 heterocycles. The molecule has 0 atom stereocenters. The summed E-state index contributed by atoms with van der Waals surface area (Å²) < 4.78 is 13.5. The molecule has 16 heavy (non-hydrogen) atoms. The Labute approximate surface area is 94.4 Å². The van der Waals surface area contributed by atoms with Crippen LogP contribution in [-0.4, -0.2) is 23.4 Å². The summed E-state index contributed by atoms with van der Waals surface area (Å²) in [6.45, 7) is 4.11. The van der Waals surface area contributed by atoms with Crippen LogP contribution < -0.4 is 0 Å². The summed E-state index contributed by atoms with van der Waals surface area (Å²) in [7, 11) is 0. The molecular formula is C13H14FNO. The summed E-state index contributed by atoms with van der Waals surface area (Å²) in [5.41, 5.74) is 0.149. The molecule has 0 radical (unpaired) electrons. The molecule has 84 valence electrons. The van der Waals surface area contributed by atoms with Gasteiger partial charge in [0, 0.05) is 12.6 Å². The highest BCUT2D eigenvalue weighted by Gasteiger charge is 2.32. The van der Waals surface area contributed by atoms with E-state index in [0.717, 1.165) is 12.8 Å². The molecule has 0 saturated heterocycles. The predicted molar refractivity (Wildman–Crippen MR) is 60.7 cm³/mol. The van der Waals surface area contributed by atoms with Crippen LogP contribution in [0, 0.1) is 5.82 Å². The van der Waals surface area contributed by atoms with Gasteiger partial charge >= 0.3 is 0 Å². The Hall–Kier alpha value is -1.64. The standard InChI is InChI=1S/C13H14FNO/c1-2-9-15(10-7-8-10)13(16)11-5-3-4-6-12(11)14/h2-6,10H,1,7-9H2. The van der Waals surface area contributed by atoms with E-state index in [-0.39, 0.29) is 17.5 Å². The molecule has 0 aliphatic heterocycles. The second kappa shape index (κ2) is 4.47. The number of amides is 1. The van der Waals surface area contributed by atoms with Crippen LogP contribution in [0.1, 0.15) is 23.2 Å². The van der Waals surface area contributed by atoms with Crippen molar-refractivity contribution in [1.29, 1.82) is 0 Å². The smallest absolute Gasteiger partial charge is 0.257 e. The van der Waals surface area contributed by atoms with E-state index in [9.17, 15) is 9.18 Å². The fraction of sp³-hybridized carbons (Fsp3) is 0.308. The first-order chi connectivity index (χ1) is 7.74. The minimum Gasteiger partial charge on any atom is -0.332 e. The maximum atomic E-state index is 13.5. The summed E-state index contributed by atoms with van der Waals surface area (Å²) in [6, 6.07) is 6.36. The van der Waals surface area contributed by atoms with Crippen LogP contribution in [0.2, 0.25) is 0 Å². The maximum absolute atomic E-state index is 13.5. The van der Waals surface area contributed by atoms with Gasteiger partial charge in [-0.25, -0.2) is 4.39 Å². The SMILES string of the molecule is C=CCN(C(=O)c1ccccc1F)C1CC1. The molecule has 0 bridgehead atoms. The third-order valence-corrected chi connectivity index (χ3v) is 2.68. The lowest BCUT2D eigenvalue weighted by molar-refractivity contribution is 0.0758. The molecule has 1 saturated carbocycles. The van der Waals surface area contributed by atoms with Gasteiger partial charge in [0.05, 0.1) is 5.56 Å². The van der Waals surface area contributed by atoms with Crippen LogP contribution in [0.4, 0.5) is 4.39 Å². The van der Waals surface area contributed by atoms with Crippen LogP contribution in [0.15, 0.2) is 36.9 Å². The first kappa shape index (κ1) is 10.9. The molecule has 3 heteroatoms. The largest absolute Gasteiger partial charge is 0.332 e. The molecule has 0 unspecified atom stereocenters. The summed E-state index contributed by atoms with van der Waals surface area (Å²) in [6.07, 6.45) is 3.69. The molecular weight excluding hydrogens is 205 g/mol. The summed E-state index contributed by atoms with van der Waals surface area (Å²) in [5.74, 6) is -0.692. The number of hydrogen-bond acceptors (Lipinski definition) is 1. The third kappa shape index (κ3) is 2.13. The summed E-state index contributed by atoms with van der Waals surface area (Å²) in [5, 5.41) is 0. The van der Waals surface area contributed by atoms with Crippen LogP contribution in [-0.2, 0) is 0 Å². The molecule has 0 spiro atoms. The molecule has 1 aliphatic carbocycles. The van der Waals surface area contributed by atoms with E-state index < -0.39 is 5.82 Å². The lowest BCUT2D eigenvalue weighted by atomic mass is 10.2. The van der Waals surface area contributed by atoms with E-state index in [2.05, 4.69) is 6.58 Å². The maximum Gasteiger partial charge on any atom is 0.257 e. The average Bonchev–Trinajstić information content (AvgIpc) is 3.09. The predicted octanol–water partition coefficient (Wildman–Crippen LogP) is 2.62. The minimum absolute atomic E-state index is 0.149. The van der Waals surface area contributed by atoms with E-state index in [1.54, 1.807) is 23.1 Å². The van der Waals surface area contributed by atoms with Crippen molar-refractivity contribution >= 4 is 5.91 Å². The van der Waals surface area contributed by atoms with Gasteiger partial charge in [0.15, 0.2) is 0 Å². The van der Waals surface area contributed by atoms with Crippen molar-refractivity contribution < 1.29 is 9.18 Å². The Morgan fingerprint density at radius 1 is 1.50 bits per heavy atom. The molecule has 1 aromatic rings. The highest BCUT2D eigenvalue weighted by atomic mass is 19.1. The van der Waals surface area contributed by atoms with Crippen molar-refractivity contribution in [2.45, 2.75) is 18.9 Å². The average molecular weight is 219 g/mol. The van der Waals surface area contributed by atoms with Crippen molar-refractivity contribution in [2.24, 2.45) is 0 Å². The number of carbonyl (C=O) groups excluding carboxylic acids is 1. The number of hydrogen-bond donors (Lipinski definition) is 0. The first-order valence-electron chi connectivity index (χ1n) is 5.40. The van der Waals surface area contributed by atoms with Gasteiger partial charge in [-0.05, 0) is 25.0 Å². The van der Waals surface area contributed by atoms with Gasteiger partial charge in [-0.1, -0.05) is 18.2 Å². The van der Waals surface area contributed by atoms with Gasteiger partial charge in [-0.15, -0.1) is 6.58 Å². The molecule has 2 nitrogen and oxygen atoms in total. The van der Waals surface area contributed by atoms with Crippen LogP contribution >= 0.6 is 0 Å². The van der Waals surface area contributed by atoms with Crippen molar-refractivity contribution in [3.63, 3.8) is 0 Å². The third-order valence-electron chi connectivity index (χ3n) is 2.68. The Morgan fingerprint density at radius 2 is 2.19 bits per heavy atom. The van der Waals surface area contributed by atoms with Crippen molar-refractivity contribution in [3.05, 3.63) is 48.3 Å². The highest BCUT2D eigenvalue weighted by molar-refractivity contribution is 5.95. The Bertz CT molecular complexity index is 412. The fourth-order valence-electron chi connectivity index (χ4n) is 1.71. The quantitative estimate of drug-likeness (QED) is 0.713. The lowest BCUT2D eigenvalue weighted by Crippen LogP contribution is -2.33. The Balaban J connectivity index is 2.22. The second-order valence-corrected chi connectivity index (χ2v) is 3.96. The van der Waals surface area contributed by atoms with Gasteiger partial charge in [0.1, 0.15) is 5.82 Å². The van der Waals surface area contributed by atoms with Gasteiger partial charge in [0.2, 0.25) is 0 Å². The molecule has 1 aliphatic rings. The van der Waals surface area contributed by atoms with Crippen LogP contribution in [0.3, 0.4) is 0 Å². The van der Waals surface area contributed by atoms with Crippen molar-refractivity contribution in [3.8, 4) is 0 Å². The molecule has 1 amide bonds. The molecule has 1 aromatic carbocycles. The van der Waals surface area contributed by atoms with Gasteiger partial charge in [-0.2, -0.15) is 0 Å². The number of nitrogens with zero attached hydrogens (tertiary/aromatic N) is 1. The first-order valence-corrected chi connectivity index (χ1v) is 5.40. The minimum atomic E-state index is -0.456. The zero-order chi connectivity index (χ0) is 11.5. The molecule has 0 N–H and O–H groups in total. The van der Waals surface area contributed by atoms with Gasteiger partial charge in [0.25, 0.3) is 5.91 Å². The van der Waals surface area contributed by atoms with Crippen LogP contribution in [0.5, 0.6) is 0 Å². The number of halogens is 1. The van der Waals surface area contributed by atoms with E-state index in [1.165, 1.54) is 12.1 Å². The van der Waals surface area contributed by atoms with Crippen LogP contribution in [0.25, 0.3) is 0 Å². The van der Waals surface area contributed by atoms with Gasteiger partial charge in [-0.3, -0.25) is 4.79 Å². The molecule has 2 rings (SSSR count). The van der Waals surface area contributed by atoms with E-state index in [4.69, 9.17) is 0 Å². The van der Waals surface area contributed by atoms with E-state index >= 15 is 0 Å². The van der Waals surface area contributed by atoms with E-state index in [0.29, 0.717) is 6.54 Å². The highest BCUT2D eigenvalue weighted by Crippen LogP contribution is 2.28.